The first-order valence-corrected chi connectivity index (χ1v) is 12.5. The number of rotatable bonds is 4. The van der Waals surface area contributed by atoms with Crippen molar-refractivity contribution in [2.24, 2.45) is 23.5 Å². The van der Waals surface area contributed by atoms with Gasteiger partial charge in [-0.15, -0.1) is 11.8 Å². The molecule has 0 bridgehead atoms. The van der Waals surface area contributed by atoms with E-state index in [2.05, 4.69) is 0 Å². The summed E-state index contributed by atoms with van der Waals surface area (Å²) in [6.45, 7) is 0. The Morgan fingerprint density at radius 1 is 1.06 bits per heavy atom. The summed E-state index contributed by atoms with van der Waals surface area (Å²) in [4.78, 5) is 39.6. The van der Waals surface area contributed by atoms with E-state index in [0.717, 1.165) is 4.90 Å². The van der Waals surface area contributed by atoms with E-state index in [9.17, 15) is 39.9 Å². The lowest BCUT2D eigenvalue weighted by atomic mass is 9.54. The molecule has 0 spiro atoms. The fraction of sp³-hybridized carbons (Fsp3) is 0.346. The Bertz CT molecular complexity index is 1290. The molecule has 3 aliphatic carbocycles. The summed E-state index contributed by atoms with van der Waals surface area (Å²) >= 11 is 1.44. The van der Waals surface area contributed by atoms with E-state index in [1.165, 1.54) is 17.8 Å². The highest BCUT2D eigenvalue weighted by Gasteiger charge is 2.66. The van der Waals surface area contributed by atoms with Crippen molar-refractivity contribution >= 4 is 29.2 Å². The lowest BCUT2D eigenvalue weighted by molar-refractivity contribution is -0.179. The Morgan fingerprint density at radius 2 is 1.75 bits per heavy atom. The zero-order valence-corrected chi connectivity index (χ0v) is 19.8. The van der Waals surface area contributed by atoms with E-state index >= 15 is 0 Å². The molecule has 0 aliphatic heterocycles. The minimum Gasteiger partial charge on any atom is -0.508 e. The van der Waals surface area contributed by atoms with Crippen LogP contribution in [0, 0.1) is 17.8 Å². The van der Waals surface area contributed by atoms with Crippen molar-refractivity contribution in [1.82, 2.24) is 0 Å². The van der Waals surface area contributed by atoms with E-state index in [1.54, 1.807) is 12.1 Å². The molecule has 188 valence electrons. The summed E-state index contributed by atoms with van der Waals surface area (Å²) in [6, 6.07) is 13.9. The van der Waals surface area contributed by atoms with Crippen molar-refractivity contribution in [2.45, 2.75) is 35.0 Å². The molecule has 0 saturated heterocycles. The van der Waals surface area contributed by atoms with Gasteiger partial charge in [0, 0.05) is 34.0 Å². The topological polar surface area (TPSA) is 178 Å². The molecule has 7 N–H and O–H groups in total. The molecule has 1 saturated carbocycles. The van der Waals surface area contributed by atoms with E-state index in [1.807, 2.05) is 30.3 Å². The number of hydrogen-bond acceptors (Lipinski definition) is 9. The third-order valence-corrected chi connectivity index (χ3v) is 8.79. The van der Waals surface area contributed by atoms with E-state index in [4.69, 9.17) is 5.73 Å². The number of hydrogen-bond donors (Lipinski definition) is 6. The van der Waals surface area contributed by atoms with Gasteiger partial charge in [-0.1, -0.05) is 30.3 Å². The molecular formula is C26H25NO8S. The molecule has 10 heteroatoms. The molecule has 0 radical (unpaired) electrons. The minimum absolute atomic E-state index is 0.0852. The van der Waals surface area contributed by atoms with Crippen LogP contribution in [0.15, 0.2) is 64.8 Å². The van der Waals surface area contributed by atoms with Gasteiger partial charge in [-0.3, -0.25) is 14.4 Å². The number of carbonyl (C=O) groups excluding carboxylic acids is 3. The Balaban J connectivity index is 1.68. The highest BCUT2D eigenvalue weighted by atomic mass is 32.2. The molecule has 2 unspecified atom stereocenters. The third kappa shape index (κ3) is 3.40. The van der Waals surface area contributed by atoms with Gasteiger partial charge in [-0.25, -0.2) is 0 Å². The lowest BCUT2D eigenvalue weighted by Gasteiger charge is -2.52. The van der Waals surface area contributed by atoms with Gasteiger partial charge in [-0.2, -0.15) is 0 Å². The van der Waals surface area contributed by atoms with Crippen LogP contribution in [-0.2, 0) is 9.59 Å². The Kier molecular flexibility index (Phi) is 5.95. The predicted octanol–water partition coefficient (Wildman–Crippen LogP) is 1.05. The van der Waals surface area contributed by atoms with Crippen LogP contribution in [0.1, 0.15) is 28.3 Å². The highest BCUT2D eigenvalue weighted by Crippen LogP contribution is 2.55. The van der Waals surface area contributed by atoms with Gasteiger partial charge in [0.05, 0.1) is 17.8 Å². The van der Waals surface area contributed by atoms with Crippen molar-refractivity contribution in [2.75, 3.05) is 5.75 Å². The maximum Gasteiger partial charge on any atom is 0.230 e. The van der Waals surface area contributed by atoms with Crippen molar-refractivity contribution < 1.29 is 39.9 Å². The smallest absolute Gasteiger partial charge is 0.230 e. The largest absolute Gasteiger partial charge is 0.508 e. The van der Waals surface area contributed by atoms with Gasteiger partial charge in [-0.05, 0) is 30.2 Å². The molecule has 1 fully saturated rings. The monoisotopic (exact) mass is 511 g/mol. The first kappa shape index (κ1) is 24.5. The average Bonchev–Trinajstić information content (AvgIpc) is 2.84. The molecule has 5 rings (SSSR count). The molecule has 0 aromatic heterocycles. The number of carbonyl (C=O) groups is 3. The second-order valence-corrected chi connectivity index (χ2v) is 10.6. The normalized spacial score (nSPS) is 33.5. The van der Waals surface area contributed by atoms with Crippen LogP contribution in [0.25, 0.3) is 0 Å². The van der Waals surface area contributed by atoms with Crippen LogP contribution in [-0.4, -0.2) is 66.6 Å². The van der Waals surface area contributed by atoms with Crippen LogP contribution in [0.5, 0.6) is 5.75 Å². The summed E-state index contributed by atoms with van der Waals surface area (Å²) in [5, 5.41) is 55.3. The predicted molar refractivity (Wildman–Crippen MR) is 128 cm³/mol. The number of aliphatic hydroxyl groups excluding tert-OH is 3. The highest BCUT2D eigenvalue weighted by molar-refractivity contribution is 7.99. The fourth-order valence-electron chi connectivity index (χ4n) is 5.98. The standard InChI is InChI=1S/C26H25NO8S/c27-25(34)19-16(29)9-14-21(30)18-13(10-36-11-5-2-1-3-6-11)12-7-4-8-15(28)17(12)22(31)20(18)24(33)26(14,35)23(19)32/h1-8,13-14,16,18-19,21,28-30,33,35H,9-10H2,(H2,27,34)/t13-,14+,16?,18+,19?,21+,26+/m0/s1. The summed E-state index contributed by atoms with van der Waals surface area (Å²) in [6.07, 6.45) is -3.50. The number of amides is 1. The molecule has 9 nitrogen and oxygen atoms in total. The Labute approximate surface area is 210 Å². The van der Waals surface area contributed by atoms with Crippen LogP contribution >= 0.6 is 11.8 Å². The first-order valence-electron chi connectivity index (χ1n) is 11.5. The number of fused-ring (bicyclic) bond motifs is 3. The number of primary amides is 1. The van der Waals surface area contributed by atoms with Gasteiger partial charge in [0.25, 0.3) is 0 Å². The molecule has 7 atom stereocenters. The third-order valence-electron chi connectivity index (χ3n) is 7.66. The number of nitrogens with two attached hydrogens (primary N) is 1. The minimum atomic E-state index is -2.79. The summed E-state index contributed by atoms with van der Waals surface area (Å²) in [5.74, 6) is -9.12. The average molecular weight is 512 g/mol. The Hall–Kier alpha value is -3.18. The lowest BCUT2D eigenvalue weighted by Crippen LogP contribution is -2.67. The number of Topliss-reactive ketones (excluding diaryl/α,β-unsaturated/α-hetero) is 2. The Morgan fingerprint density at radius 3 is 2.42 bits per heavy atom. The van der Waals surface area contributed by atoms with Crippen molar-refractivity contribution in [3.63, 3.8) is 0 Å². The number of aromatic hydroxyl groups is 1. The van der Waals surface area contributed by atoms with Gasteiger partial charge in [0.1, 0.15) is 17.4 Å². The van der Waals surface area contributed by atoms with E-state index in [0.29, 0.717) is 11.3 Å². The van der Waals surface area contributed by atoms with Crippen molar-refractivity contribution in [3.8, 4) is 5.75 Å². The quantitative estimate of drug-likeness (QED) is 0.258. The van der Waals surface area contributed by atoms with Gasteiger partial charge in [0.2, 0.25) is 5.91 Å². The SMILES string of the molecule is NC(=O)C1C(=O)[C@@]2(O)C(O)=C3C(=O)c4c(O)cccc4[C@H](CSc4ccccc4)[C@H]3[C@H](O)[C@H]2CC1O. The number of benzene rings is 2. The molecule has 1 amide bonds. The second kappa shape index (κ2) is 8.74. The van der Waals surface area contributed by atoms with E-state index < -0.39 is 71.1 Å². The number of phenols is 1. The fourth-order valence-corrected chi connectivity index (χ4v) is 7.09. The number of aliphatic hydroxyl groups is 4. The zero-order valence-electron chi connectivity index (χ0n) is 18.9. The van der Waals surface area contributed by atoms with Crippen molar-refractivity contribution in [1.29, 1.82) is 0 Å². The molecule has 3 aliphatic rings. The number of phenolic OH excluding ortho intramolecular Hbond substituents is 1. The summed E-state index contributed by atoms with van der Waals surface area (Å²) in [5.41, 5.74) is 2.47. The van der Waals surface area contributed by atoms with Gasteiger partial charge in [0.15, 0.2) is 17.2 Å². The van der Waals surface area contributed by atoms with Crippen LogP contribution in [0.4, 0.5) is 0 Å². The number of ketones is 2. The maximum atomic E-state index is 13.6. The molecular weight excluding hydrogens is 486 g/mol. The van der Waals surface area contributed by atoms with Gasteiger partial charge < -0.3 is 31.3 Å². The van der Waals surface area contributed by atoms with Crippen LogP contribution in [0.3, 0.4) is 0 Å². The zero-order chi connectivity index (χ0) is 25.9. The number of thioether (sulfide) groups is 1. The van der Waals surface area contributed by atoms with Crippen LogP contribution in [0.2, 0.25) is 0 Å². The van der Waals surface area contributed by atoms with Gasteiger partial charge >= 0.3 is 0 Å². The summed E-state index contributed by atoms with van der Waals surface area (Å²) in [7, 11) is 0. The molecule has 2 aromatic rings. The molecule has 36 heavy (non-hydrogen) atoms. The van der Waals surface area contributed by atoms with E-state index in [-0.39, 0.29) is 16.9 Å². The van der Waals surface area contributed by atoms with Crippen molar-refractivity contribution in [3.05, 3.63) is 71.0 Å². The maximum absolute atomic E-state index is 13.6. The second-order valence-electron chi connectivity index (χ2n) is 9.50. The molecule has 2 aromatic carbocycles. The molecule has 0 heterocycles. The first-order chi connectivity index (χ1) is 17.1. The summed E-state index contributed by atoms with van der Waals surface area (Å²) < 4.78 is 0. The van der Waals surface area contributed by atoms with Crippen LogP contribution < -0.4 is 5.73 Å².